The number of carbonyl (C=O) groups is 2. The number of rotatable bonds is 2. The molecular weight excluding hydrogens is 260 g/mol. The summed E-state index contributed by atoms with van der Waals surface area (Å²) in [6.45, 7) is 1.88. The maximum Gasteiger partial charge on any atom is 0.253 e. The first kappa shape index (κ1) is 12.5. The van der Waals surface area contributed by atoms with Crippen molar-refractivity contribution < 1.29 is 9.59 Å². The van der Waals surface area contributed by atoms with Crippen molar-refractivity contribution in [1.29, 1.82) is 0 Å². The van der Waals surface area contributed by atoms with Gasteiger partial charge in [0.25, 0.3) is 5.91 Å². The van der Waals surface area contributed by atoms with Crippen molar-refractivity contribution in [1.82, 2.24) is 4.90 Å². The molecule has 1 aliphatic carbocycles. The predicted octanol–water partition coefficient (Wildman–Crippen LogP) is 2.35. The second-order valence-corrected chi connectivity index (χ2v) is 6.49. The normalized spacial score (nSPS) is 21.6. The largest absolute Gasteiger partial charge is 0.339 e. The average Bonchev–Trinajstić information content (AvgIpc) is 3.22. The minimum absolute atomic E-state index is 0.00218. The zero-order chi connectivity index (χ0) is 13.6. The Morgan fingerprint density at radius 3 is 2.84 bits per heavy atom. The van der Waals surface area contributed by atoms with E-state index in [1.807, 2.05) is 26.1 Å². The van der Waals surface area contributed by atoms with E-state index in [0.717, 1.165) is 23.4 Å². The van der Waals surface area contributed by atoms with Gasteiger partial charge in [-0.05, 0) is 38.0 Å². The molecular formula is C14H16N2O2S. The van der Waals surface area contributed by atoms with Gasteiger partial charge in [-0.15, -0.1) is 11.8 Å². The highest BCUT2D eigenvalue weighted by atomic mass is 32.2. The number of amides is 2. The minimum Gasteiger partial charge on any atom is -0.339 e. The zero-order valence-electron chi connectivity index (χ0n) is 11.0. The Morgan fingerprint density at radius 2 is 2.16 bits per heavy atom. The highest BCUT2D eigenvalue weighted by Gasteiger charge is 2.31. The Hall–Kier alpha value is -1.49. The molecule has 3 rings (SSSR count). The molecule has 0 spiro atoms. The van der Waals surface area contributed by atoms with E-state index in [2.05, 4.69) is 5.32 Å². The lowest BCUT2D eigenvalue weighted by Crippen LogP contribution is -2.30. The first-order chi connectivity index (χ1) is 9.06. The van der Waals surface area contributed by atoms with Crippen LogP contribution in [0.3, 0.4) is 0 Å². The molecule has 2 amide bonds. The van der Waals surface area contributed by atoms with E-state index in [9.17, 15) is 9.59 Å². The quantitative estimate of drug-likeness (QED) is 0.902. The fourth-order valence-corrected chi connectivity index (χ4v) is 3.10. The average molecular weight is 276 g/mol. The van der Waals surface area contributed by atoms with Gasteiger partial charge in [0.1, 0.15) is 0 Å². The van der Waals surface area contributed by atoms with Crippen LogP contribution in [-0.4, -0.2) is 35.1 Å². The molecule has 1 N–H and O–H groups in total. The molecule has 1 aromatic rings. The Balaban J connectivity index is 1.86. The number of carbonyl (C=O) groups excluding carboxylic acids is 2. The predicted molar refractivity (Wildman–Crippen MR) is 75.5 cm³/mol. The second-order valence-electron chi connectivity index (χ2n) is 5.11. The van der Waals surface area contributed by atoms with Gasteiger partial charge in [-0.3, -0.25) is 9.59 Å². The molecule has 2 aliphatic rings. The summed E-state index contributed by atoms with van der Waals surface area (Å²) < 4.78 is 0. The van der Waals surface area contributed by atoms with Crippen molar-refractivity contribution in [2.45, 2.75) is 36.0 Å². The lowest BCUT2D eigenvalue weighted by molar-refractivity contribution is -0.115. The molecule has 0 aromatic heterocycles. The minimum atomic E-state index is -0.0804. The van der Waals surface area contributed by atoms with Crippen LogP contribution in [0, 0.1) is 0 Å². The van der Waals surface area contributed by atoms with Gasteiger partial charge in [0.15, 0.2) is 0 Å². The highest BCUT2D eigenvalue weighted by molar-refractivity contribution is 8.00. The van der Waals surface area contributed by atoms with Crippen LogP contribution in [0.2, 0.25) is 0 Å². The van der Waals surface area contributed by atoms with Crippen molar-refractivity contribution in [3.63, 3.8) is 0 Å². The van der Waals surface area contributed by atoms with Gasteiger partial charge in [0.2, 0.25) is 5.91 Å². The van der Waals surface area contributed by atoms with Crippen molar-refractivity contribution in [3.05, 3.63) is 23.8 Å². The van der Waals surface area contributed by atoms with Crippen molar-refractivity contribution >= 4 is 29.3 Å². The number of nitrogens with zero attached hydrogens (tertiary/aromatic N) is 1. The summed E-state index contributed by atoms with van der Waals surface area (Å²) in [5.41, 5.74) is 1.40. The Kier molecular flexibility index (Phi) is 3.01. The van der Waals surface area contributed by atoms with Crippen LogP contribution in [0.1, 0.15) is 30.1 Å². The number of hydrogen-bond acceptors (Lipinski definition) is 3. The molecule has 1 saturated carbocycles. The summed E-state index contributed by atoms with van der Waals surface area (Å²) in [4.78, 5) is 26.7. The second kappa shape index (κ2) is 4.56. The summed E-state index contributed by atoms with van der Waals surface area (Å²) in [5.74, 6) is 0.0285. The molecule has 1 unspecified atom stereocenters. The lowest BCUT2D eigenvalue weighted by atomic mass is 10.1. The van der Waals surface area contributed by atoms with Gasteiger partial charge < -0.3 is 10.2 Å². The van der Waals surface area contributed by atoms with Gasteiger partial charge >= 0.3 is 0 Å². The molecule has 1 aromatic carbocycles. The topological polar surface area (TPSA) is 49.4 Å². The summed E-state index contributed by atoms with van der Waals surface area (Å²) in [7, 11) is 1.84. The molecule has 5 heteroatoms. The zero-order valence-corrected chi connectivity index (χ0v) is 11.8. The number of fused-ring (bicyclic) bond motifs is 1. The Labute approximate surface area is 116 Å². The summed E-state index contributed by atoms with van der Waals surface area (Å²) in [6, 6.07) is 5.95. The van der Waals surface area contributed by atoms with E-state index >= 15 is 0 Å². The number of thioether (sulfide) groups is 1. The van der Waals surface area contributed by atoms with E-state index in [1.165, 1.54) is 11.8 Å². The van der Waals surface area contributed by atoms with Gasteiger partial charge in [-0.25, -0.2) is 0 Å². The number of hydrogen-bond donors (Lipinski definition) is 1. The van der Waals surface area contributed by atoms with Gasteiger partial charge in [-0.1, -0.05) is 0 Å². The molecule has 4 nitrogen and oxygen atoms in total. The van der Waals surface area contributed by atoms with E-state index in [4.69, 9.17) is 0 Å². The maximum atomic E-state index is 12.3. The van der Waals surface area contributed by atoms with Crippen molar-refractivity contribution in [2.24, 2.45) is 0 Å². The molecule has 0 radical (unpaired) electrons. The van der Waals surface area contributed by atoms with Gasteiger partial charge in [0.05, 0.1) is 10.9 Å². The molecule has 0 saturated heterocycles. The van der Waals surface area contributed by atoms with Crippen LogP contribution in [-0.2, 0) is 4.79 Å². The number of benzene rings is 1. The van der Waals surface area contributed by atoms with Crippen molar-refractivity contribution in [2.75, 3.05) is 12.4 Å². The Morgan fingerprint density at radius 1 is 1.42 bits per heavy atom. The van der Waals surface area contributed by atoms with Crippen LogP contribution in [0.4, 0.5) is 5.69 Å². The third-order valence-corrected chi connectivity index (χ3v) is 4.75. The number of anilines is 1. The van der Waals surface area contributed by atoms with E-state index in [-0.39, 0.29) is 17.1 Å². The van der Waals surface area contributed by atoms with E-state index in [1.54, 1.807) is 11.0 Å². The van der Waals surface area contributed by atoms with E-state index in [0.29, 0.717) is 11.6 Å². The standard InChI is InChI=1S/C14H16N2O2S/c1-8-13(17)15-11-7-9(3-6-12(11)19-8)14(18)16(2)10-4-5-10/h3,6-8,10H,4-5H2,1-2H3,(H,15,17). The van der Waals surface area contributed by atoms with Crippen LogP contribution in [0.15, 0.2) is 23.1 Å². The third kappa shape index (κ3) is 2.34. The summed E-state index contributed by atoms with van der Waals surface area (Å²) in [6.07, 6.45) is 2.19. The molecule has 0 bridgehead atoms. The first-order valence-electron chi connectivity index (χ1n) is 6.45. The monoisotopic (exact) mass is 276 g/mol. The molecule has 1 aliphatic heterocycles. The maximum absolute atomic E-state index is 12.3. The van der Waals surface area contributed by atoms with Gasteiger partial charge in [-0.2, -0.15) is 0 Å². The molecule has 1 heterocycles. The van der Waals surface area contributed by atoms with Crippen LogP contribution in [0.25, 0.3) is 0 Å². The number of nitrogens with one attached hydrogen (secondary N) is 1. The summed E-state index contributed by atoms with van der Waals surface area (Å²) >= 11 is 1.53. The van der Waals surface area contributed by atoms with Crippen LogP contribution >= 0.6 is 11.8 Å². The fraction of sp³-hybridized carbons (Fsp3) is 0.429. The fourth-order valence-electron chi connectivity index (χ4n) is 2.17. The molecule has 19 heavy (non-hydrogen) atoms. The van der Waals surface area contributed by atoms with Crippen LogP contribution < -0.4 is 5.32 Å². The SMILES string of the molecule is CC1Sc2ccc(C(=O)N(C)C3CC3)cc2NC1=O. The summed E-state index contributed by atoms with van der Waals surface area (Å²) in [5, 5.41) is 2.78. The lowest BCUT2D eigenvalue weighted by Gasteiger charge is -2.23. The van der Waals surface area contributed by atoms with Gasteiger partial charge in [0, 0.05) is 23.5 Å². The smallest absolute Gasteiger partial charge is 0.253 e. The first-order valence-corrected chi connectivity index (χ1v) is 7.33. The van der Waals surface area contributed by atoms with E-state index < -0.39 is 0 Å². The molecule has 1 fully saturated rings. The molecule has 100 valence electrons. The highest BCUT2D eigenvalue weighted by Crippen LogP contribution is 2.36. The molecule has 1 atom stereocenters. The van der Waals surface area contributed by atoms with Crippen molar-refractivity contribution in [3.8, 4) is 0 Å². The van der Waals surface area contributed by atoms with Crippen LogP contribution in [0.5, 0.6) is 0 Å². The Bertz CT molecular complexity index is 554. The third-order valence-electron chi connectivity index (χ3n) is 3.57.